The molecule has 8 heteroatoms. The molecule has 0 N–H and O–H groups in total. The molecule has 0 aliphatic heterocycles. The second kappa shape index (κ2) is 10.1. The van der Waals surface area contributed by atoms with E-state index in [0.717, 1.165) is 0 Å². The molecule has 136 valence electrons. The molecule has 0 aromatic heterocycles. The first-order valence-electron chi connectivity index (χ1n) is 7.53. The van der Waals surface area contributed by atoms with E-state index in [0.29, 0.717) is 22.6 Å². The standard InChI is InChI=1S/C17H23N3O5/c1-11(18-23-5)13(3)25-19-12(2)14-9-7-8-10-15(14)16(20-24-6)17(21)22-4/h7-10,13H,1-6H3/b18-11-,19-12-,20-16-. The molecule has 0 radical (unpaired) electrons. The summed E-state index contributed by atoms with van der Waals surface area (Å²) in [5, 5.41) is 11.7. The predicted octanol–water partition coefficient (Wildman–Crippen LogP) is 2.36. The van der Waals surface area contributed by atoms with Crippen molar-refractivity contribution in [3.05, 3.63) is 35.4 Å². The predicted molar refractivity (Wildman–Crippen MR) is 94.9 cm³/mol. The second-order valence-electron chi connectivity index (χ2n) is 5.00. The van der Waals surface area contributed by atoms with Crippen LogP contribution in [0.5, 0.6) is 0 Å². The molecule has 0 amide bonds. The van der Waals surface area contributed by atoms with Crippen molar-refractivity contribution in [1.29, 1.82) is 0 Å². The Morgan fingerprint density at radius 2 is 1.56 bits per heavy atom. The van der Waals surface area contributed by atoms with E-state index in [-0.39, 0.29) is 11.8 Å². The molecule has 1 atom stereocenters. The molecule has 1 rings (SSSR count). The number of nitrogens with zero attached hydrogens (tertiary/aromatic N) is 3. The zero-order chi connectivity index (χ0) is 18.8. The average molecular weight is 349 g/mol. The van der Waals surface area contributed by atoms with Gasteiger partial charge in [-0.05, 0) is 20.8 Å². The van der Waals surface area contributed by atoms with Crippen molar-refractivity contribution in [3.8, 4) is 0 Å². The molecule has 0 fully saturated rings. The van der Waals surface area contributed by atoms with Gasteiger partial charge in [0.1, 0.15) is 14.2 Å². The van der Waals surface area contributed by atoms with E-state index in [9.17, 15) is 4.79 Å². The van der Waals surface area contributed by atoms with Crippen molar-refractivity contribution >= 4 is 23.1 Å². The summed E-state index contributed by atoms with van der Waals surface area (Å²) in [5.74, 6) is -0.612. The Balaban J connectivity index is 3.17. The van der Waals surface area contributed by atoms with Crippen LogP contribution in [0.15, 0.2) is 39.7 Å². The van der Waals surface area contributed by atoms with Gasteiger partial charge in [0.05, 0.1) is 18.5 Å². The first kappa shape index (κ1) is 20.1. The van der Waals surface area contributed by atoms with Crippen LogP contribution in [0.25, 0.3) is 0 Å². The molecule has 0 bridgehead atoms. The molecule has 1 unspecified atom stereocenters. The Morgan fingerprint density at radius 3 is 2.12 bits per heavy atom. The minimum absolute atomic E-state index is 0.0420. The van der Waals surface area contributed by atoms with E-state index in [4.69, 9.17) is 19.2 Å². The van der Waals surface area contributed by atoms with E-state index in [2.05, 4.69) is 15.5 Å². The third-order valence-electron chi connectivity index (χ3n) is 3.30. The molecule has 0 spiro atoms. The number of esters is 1. The zero-order valence-corrected chi connectivity index (χ0v) is 15.3. The minimum atomic E-state index is -0.612. The summed E-state index contributed by atoms with van der Waals surface area (Å²) in [5.41, 5.74) is 2.43. The number of ether oxygens (including phenoxy) is 1. The lowest BCUT2D eigenvalue weighted by atomic mass is 10.00. The van der Waals surface area contributed by atoms with Crippen LogP contribution in [0, 0.1) is 0 Å². The summed E-state index contributed by atoms with van der Waals surface area (Å²) in [4.78, 5) is 26.9. The van der Waals surface area contributed by atoms with Gasteiger partial charge in [0.2, 0.25) is 0 Å². The van der Waals surface area contributed by atoms with Crippen LogP contribution < -0.4 is 0 Å². The van der Waals surface area contributed by atoms with Crippen LogP contribution in [-0.4, -0.2) is 50.5 Å². The zero-order valence-electron chi connectivity index (χ0n) is 15.3. The Kier molecular flexibility index (Phi) is 8.11. The monoisotopic (exact) mass is 349 g/mol. The summed E-state index contributed by atoms with van der Waals surface area (Å²) in [7, 11) is 4.10. The van der Waals surface area contributed by atoms with Gasteiger partial charge in [0, 0.05) is 11.1 Å². The number of hydrogen-bond donors (Lipinski definition) is 0. The topological polar surface area (TPSA) is 91.1 Å². The lowest BCUT2D eigenvalue weighted by Crippen LogP contribution is -2.21. The van der Waals surface area contributed by atoms with Crippen molar-refractivity contribution in [3.63, 3.8) is 0 Å². The van der Waals surface area contributed by atoms with Crippen molar-refractivity contribution in [2.45, 2.75) is 26.9 Å². The van der Waals surface area contributed by atoms with Gasteiger partial charge in [-0.15, -0.1) is 0 Å². The van der Waals surface area contributed by atoms with Crippen LogP contribution in [-0.2, 0) is 24.0 Å². The van der Waals surface area contributed by atoms with Gasteiger partial charge in [-0.25, -0.2) is 4.79 Å². The fourth-order valence-electron chi connectivity index (χ4n) is 1.89. The number of hydrogen-bond acceptors (Lipinski definition) is 8. The third kappa shape index (κ3) is 5.59. The summed E-state index contributed by atoms with van der Waals surface area (Å²) in [6, 6.07) is 7.12. The highest BCUT2D eigenvalue weighted by molar-refractivity contribution is 6.44. The van der Waals surface area contributed by atoms with Crippen molar-refractivity contribution in [1.82, 2.24) is 0 Å². The van der Waals surface area contributed by atoms with Crippen LogP contribution in [0.2, 0.25) is 0 Å². The van der Waals surface area contributed by atoms with Gasteiger partial charge in [-0.3, -0.25) is 0 Å². The van der Waals surface area contributed by atoms with Crippen molar-refractivity contribution in [2.75, 3.05) is 21.3 Å². The van der Waals surface area contributed by atoms with Gasteiger partial charge in [0.25, 0.3) is 0 Å². The summed E-state index contributed by atoms with van der Waals surface area (Å²) >= 11 is 0. The highest BCUT2D eigenvalue weighted by Gasteiger charge is 2.20. The van der Waals surface area contributed by atoms with Gasteiger partial charge in [-0.1, -0.05) is 39.7 Å². The SMILES string of the molecule is CO/N=C(\C(=O)OC)c1ccccc1/C(C)=N\OC(C)/C(C)=N\OC. The lowest BCUT2D eigenvalue weighted by Gasteiger charge is -2.12. The van der Waals surface area contributed by atoms with Crippen molar-refractivity contribution < 1.29 is 24.0 Å². The Morgan fingerprint density at radius 1 is 0.960 bits per heavy atom. The van der Waals surface area contributed by atoms with Gasteiger partial charge in [-0.2, -0.15) is 0 Å². The van der Waals surface area contributed by atoms with Crippen LogP contribution in [0.4, 0.5) is 0 Å². The lowest BCUT2D eigenvalue weighted by molar-refractivity contribution is -0.132. The second-order valence-corrected chi connectivity index (χ2v) is 5.00. The number of methoxy groups -OCH3 is 1. The largest absolute Gasteiger partial charge is 0.464 e. The van der Waals surface area contributed by atoms with E-state index in [1.807, 2.05) is 6.07 Å². The average Bonchev–Trinajstić information content (AvgIpc) is 2.63. The van der Waals surface area contributed by atoms with E-state index in [1.165, 1.54) is 21.3 Å². The Bertz CT molecular complexity index is 683. The molecule has 25 heavy (non-hydrogen) atoms. The number of rotatable bonds is 8. The van der Waals surface area contributed by atoms with E-state index >= 15 is 0 Å². The highest BCUT2D eigenvalue weighted by atomic mass is 16.6. The molecule has 1 aromatic carbocycles. The molecule has 1 aromatic rings. The molecule has 0 aliphatic rings. The van der Waals surface area contributed by atoms with E-state index < -0.39 is 5.97 Å². The fourth-order valence-corrected chi connectivity index (χ4v) is 1.89. The first-order valence-corrected chi connectivity index (χ1v) is 7.53. The number of benzene rings is 1. The van der Waals surface area contributed by atoms with E-state index in [1.54, 1.807) is 39.0 Å². The Labute approximate surface area is 147 Å². The van der Waals surface area contributed by atoms with Crippen LogP contribution in [0.1, 0.15) is 31.9 Å². The third-order valence-corrected chi connectivity index (χ3v) is 3.30. The van der Waals surface area contributed by atoms with Crippen molar-refractivity contribution in [2.24, 2.45) is 15.5 Å². The van der Waals surface area contributed by atoms with Gasteiger partial charge in [0.15, 0.2) is 11.8 Å². The van der Waals surface area contributed by atoms with Gasteiger partial charge >= 0.3 is 5.97 Å². The quantitative estimate of drug-likeness (QED) is 0.408. The van der Waals surface area contributed by atoms with Crippen LogP contribution >= 0.6 is 0 Å². The smallest absolute Gasteiger partial charge is 0.360 e. The van der Waals surface area contributed by atoms with Crippen LogP contribution in [0.3, 0.4) is 0 Å². The number of oxime groups is 3. The maximum Gasteiger partial charge on any atom is 0.360 e. The molecular formula is C17H23N3O5. The minimum Gasteiger partial charge on any atom is -0.464 e. The summed E-state index contributed by atoms with van der Waals surface area (Å²) in [6.07, 6.45) is -0.366. The molecule has 0 aliphatic carbocycles. The highest BCUT2D eigenvalue weighted by Crippen LogP contribution is 2.14. The normalized spacial score (nSPS) is 13.9. The number of carbonyl (C=O) groups is 1. The maximum absolute atomic E-state index is 12.0. The van der Waals surface area contributed by atoms with Gasteiger partial charge < -0.3 is 19.2 Å². The molecular weight excluding hydrogens is 326 g/mol. The molecule has 0 heterocycles. The molecule has 8 nitrogen and oxygen atoms in total. The number of carbonyl (C=O) groups excluding carboxylic acids is 1. The Hall–Kier alpha value is -2.90. The molecule has 0 saturated carbocycles. The summed E-state index contributed by atoms with van der Waals surface area (Å²) < 4.78 is 4.76. The maximum atomic E-state index is 12.0. The summed E-state index contributed by atoms with van der Waals surface area (Å²) in [6.45, 7) is 5.33. The molecule has 0 saturated heterocycles. The first-order chi connectivity index (χ1) is 12.0. The fraction of sp³-hybridized carbons (Fsp3) is 0.412.